The molecule has 38 heavy (non-hydrogen) atoms. The molecule has 0 unspecified atom stereocenters. The number of fused-ring (bicyclic) bond motifs is 1. The van der Waals surface area contributed by atoms with Crippen LogP contribution >= 0.6 is 27.5 Å². The van der Waals surface area contributed by atoms with Crippen molar-refractivity contribution in [3.63, 3.8) is 0 Å². The molecule has 0 atom stereocenters. The maximum Gasteiger partial charge on any atom is 0.417 e. The molecule has 5 rings (SSSR count). The van der Waals surface area contributed by atoms with Crippen LogP contribution in [-0.4, -0.2) is 47.0 Å². The minimum absolute atomic E-state index is 0.102. The van der Waals surface area contributed by atoms with Gasteiger partial charge in [-0.25, -0.2) is 13.4 Å². The summed E-state index contributed by atoms with van der Waals surface area (Å²) in [5, 5.41) is 8.33. The number of piperidine rings is 1. The Morgan fingerprint density at radius 2 is 1.76 bits per heavy atom. The lowest BCUT2D eigenvalue weighted by molar-refractivity contribution is -0.139. The van der Waals surface area contributed by atoms with Crippen LogP contribution in [0.5, 0.6) is 0 Å². The molecule has 0 spiro atoms. The zero-order chi connectivity index (χ0) is 27.1. The molecular formula is C25H22BrClF3N5O2S. The predicted octanol–water partition coefficient (Wildman–Crippen LogP) is 6.34. The van der Waals surface area contributed by atoms with Crippen LogP contribution in [0.4, 0.5) is 19.0 Å². The Morgan fingerprint density at radius 3 is 2.47 bits per heavy atom. The van der Waals surface area contributed by atoms with Crippen molar-refractivity contribution in [1.82, 2.24) is 18.9 Å². The molecule has 200 valence electrons. The van der Waals surface area contributed by atoms with Crippen LogP contribution in [0.25, 0.3) is 16.9 Å². The number of aromatic nitrogens is 3. The number of hydrogen-bond donors (Lipinski definition) is 1. The van der Waals surface area contributed by atoms with Gasteiger partial charge in [-0.15, -0.1) is 0 Å². The van der Waals surface area contributed by atoms with Crippen LogP contribution in [0.1, 0.15) is 18.4 Å². The Kier molecular flexibility index (Phi) is 7.42. The molecule has 0 bridgehead atoms. The van der Waals surface area contributed by atoms with E-state index in [2.05, 4.69) is 31.3 Å². The molecule has 1 saturated heterocycles. The molecule has 3 heterocycles. The fraction of sp³-hybridized carbons (Fsp3) is 0.280. The van der Waals surface area contributed by atoms with Crippen molar-refractivity contribution in [1.29, 1.82) is 0 Å². The highest BCUT2D eigenvalue weighted by Crippen LogP contribution is 2.36. The number of alkyl halides is 3. The fourth-order valence-corrected chi connectivity index (χ4v) is 6.80. The zero-order valence-corrected chi connectivity index (χ0v) is 22.9. The lowest BCUT2D eigenvalue weighted by Gasteiger charge is -2.32. The summed E-state index contributed by atoms with van der Waals surface area (Å²) in [6, 6.07) is 13.5. The first-order chi connectivity index (χ1) is 18.1. The molecule has 2 aromatic carbocycles. The third-order valence-corrected chi connectivity index (χ3v) is 9.38. The first kappa shape index (κ1) is 26.9. The summed E-state index contributed by atoms with van der Waals surface area (Å²) >= 11 is 9.87. The summed E-state index contributed by atoms with van der Waals surface area (Å²) in [6.45, 7) is 0.779. The predicted molar refractivity (Wildman–Crippen MR) is 143 cm³/mol. The second-order valence-electron chi connectivity index (χ2n) is 8.96. The number of benzene rings is 2. The van der Waals surface area contributed by atoms with Gasteiger partial charge in [0.05, 0.1) is 26.8 Å². The van der Waals surface area contributed by atoms with E-state index in [0.29, 0.717) is 46.0 Å². The van der Waals surface area contributed by atoms with E-state index in [-0.39, 0.29) is 19.0 Å². The van der Waals surface area contributed by atoms with Crippen molar-refractivity contribution in [3.8, 4) is 11.3 Å². The van der Waals surface area contributed by atoms with E-state index < -0.39 is 26.7 Å². The first-order valence-electron chi connectivity index (χ1n) is 11.7. The van der Waals surface area contributed by atoms with Crippen LogP contribution in [0, 0.1) is 5.92 Å². The van der Waals surface area contributed by atoms with Crippen LogP contribution < -0.4 is 5.32 Å². The van der Waals surface area contributed by atoms with Gasteiger partial charge in [0.25, 0.3) is 0 Å². The molecule has 1 aliphatic heterocycles. The standard InChI is InChI=1S/C25H22BrClF3N5O2S/c26-19-15-32-35-23(13-21(33-24(19)35)17-5-1-3-7-20(17)27)31-14-16-9-11-34(12-10-16)38(36,37)22-8-4-2-6-18(22)25(28,29)30/h1-8,13,15-16,31H,9-12,14H2. The molecule has 1 fully saturated rings. The molecule has 0 aliphatic carbocycles. The van der Waals surface area contributed by atoms with Gasteiger partial charge in [-0.05, 0) is 52.9 Å². The van der Waals surface area contributed by atoms with E-state index >= 15 is 0 Å². The summed E-state index contributed by atoms with van der Waals surface area (Å²) < 4.78 is 69.9. The summed E-state index contributed by atoms with van der Waals surface area (Å²) in [4.78, 5) is 3.98. The van der Waals surface area contributed by atoms with Gasteiger partial charge in [0.15, 0.2) is 5.65 Å². The smallest absolute Gasteiger partial charge is 0.370 e. The van der Waals surface area contributed by atoms with Gasteiger partial charge in [-0.2, -0.15) is 27.1 Å². The minimum Gasteiger partial charge on any atom is -0.370 e. The van der Waals surface area contributed by atoms with E-state index in [1.807, 2.05) is 24.3 Å². The number of nitrogens with one attached hydrogen (secondary N) is 1. The Balaban J connectivity index is 1.31. The van der Waals surface area contributed by atoms with Crippen molar-refractivity contribution in [3.05, 3.63) is 75.9 Å². The lowest BCUT2D eigenvalue weighted by atomic mass is 9.98. The Hall–Kier alpha value is -2.67. The largest absolute Gasteiger partial charge is 0.417 e. The van der Waals surface area contributed by atoms with E-state index in [4.69, 9.17) is 11.6 Å². The highest BCUT2D eigenvalue weighted by Gasteiger charge is 2.39. The Morgan fingerprint density at radius 1 is 1.08 bits per heavy atom. The van der Waals surface area contributed by atoms with Gasteiger partial charge >= 0.3 is 6.18 Å². The molecule has 7 nitrogen and oxygen atoms in total. The van der Waals surface area contributed by atoms with Crippen molar-refractivity contribution in [2.75, 3.05) is 25.0 Å². The van der Waals surface area contributed by atoms with Crippen LogP contribution in [-0.2, 0) is 16.2 Å². The van der Waals surface area contributed by atoms with Gasteiger partial charge in [0, 0.05) is 36.3 Å². The summed E-state index contributed by atoms with van der Waals surface area (Å²) in [5.41, 5.74) is 0.890. The molecule has 0 amide bonds. The average Bonchev–Trinajstić information content (AvgIpc) is 3.28. The summed E-state index contributed by atoms with van der Waals surface area (Å²) in [5.74, 6) is 0.787. The highest BCUT2D eigenvalue weighted by atomic mass is 79.9. The molecule has 13 heteroatoms. The molecule has 0 saturated carbocycles. The maximum atomic E-state index is 13.4. The number of anilines is 1. The van der Waals surface area contributed by atoms with Crippen molar-refractivity contribution in [2.24, 2.45) is 5.92 Å². The maximum absolute atomic E-state index is 13.4. The van der Waals surface area contributed by atoms with Crippen molar-refractivity contribution in [2.45, 2.75) is 23.9 Å². The minimum atomic E-state index is -4.76. The van der Waals surface area contributed by atoms with E-state index in [1.54, 1.807) is 16.8 Å². The average molecular weight is 629 g/mol. The summed E-state index contributed by atoms with van der Waals surface area (Å²) in [7, 11) is -4.28. The van der Waals surface area contributed by atoms with Crippen molar-refractivity contribution < 1.29 is 21.6 Å². The Labute approximate surface area is 230 Å². The Bertz CT molecular complexity index is 1590. The number of sulfonamides is 1. The van der Waals surface area contributed by atoms with E-state index in [9.17, 15) is 21.6 Å². The van der Waals surface area contributed by atoms with Gasteiger partial charge in [-0.1, -0.05) is 41.9 Å². The fourth-order valence-electron chi connectivity index (χ4n) is 4.54. The third-order valence-electron chi connectivity index (χ3n) is 6.53. The van der Waals surface area contributed by atoms with Gasteiger partial charge in [-0.3, -0.25) is 0 Å². The van der Waals surface area contributed by atoms with Crippen LogP contribution in [0.3, 0.4) is 0 Å². The molecule has 2 aromatic heterocycles. The number of hydrogen-bond acceptors (Lipinski definition) is 5. The van der Waals surface area contributed by atoms with E-state index in [1.165, 1.54) is 12.1 Å². The lowest BCUT2D eigenvalue weighted by Crippen LogP contribution is -2.40. The van der Waals surface area contributed by atoms with Crippen LogP contribution in [0.15, 0.2) is 70.2 Å². The van der Waals surface area contributed by atoms with Gasteiger partial charge in [0.2, 0.25) is 10.0 Å². The number of halogens is 5. The monoisotopic (exact) mass is 627 g/mol. The highest BCUT2D eigenvalue weighted by molar-refractivity contribution is 9.10. The quantitative estimate of drug-likeness (QED) is 0.270. The second-order valence-corrected chi connectivity index (χ2v) is 12.1. The van der Waals surface area contributed by atoms with Gasteiger partial charge < -0.3 is 5.32 Å². The van der Waals surface area contributed by atoms with Crippen LogP contribution in [0.2, 0.25) is 5.02 Å². The molecular weight excluding hydrogens is 607 g/mol. The number of rotatable bonds is 6. The molecule has 0 radical (unpaired) electrons. The molecule has 1 aliphatic rings. The van der Waals surface area contributed by atoms with Crippen molar-refractivity contribution >= 4 is 49.0 Å². The topological polar surface area (TPSA) is 79.6 Å². The van der Waals surface area contributed by atoms with Gasteiger partial charge in [0.1, 0.15) is 5.82 Å². The summed E-state index contributed by atoms with van der Waals surface area (Å²) in [6.07, 6.45) is -2.12. The normalized spacial score (nSPS) is 15.7. The zero-order valence-electron chi connectivity index (χ0n) is 19.8. The molecule has 4 aromatic rings. The second kappa shape index (κ2) is 10.5. The third kappa shape index (κ3) is 5.27. The first-order valence-corrected chi connectivity index (χ1v) is 14.4. The SMILES string of the molecule is O=S(=O)(c1ccccc1C(F)(F)F)N1CCC(CNc2cc(-c3ccccc3Cl)nc3c(Br)cnn23)CC1. The number of nitrogens with zero attached hydrogens (tertiary/aromatic N) is 4. The molecule has 1 N–H and O–H groups in total. The van der Waals surface area contributed by atoms with E-state index in [0.717, 1.165) is 22.0 Å².